The molecule has 3 N–H and O–H groups in total. The maximum absolute atomic E-state index is 14.1. The molecule has 3 saturated heterocycles. The van der Waals surface area contributed by atoms with Crippen molar-refractivity contribution < 1.29 is 24.2 Å². The number of hydrogen-bond donors (Lipinski definition) is 3. The highest BCUT2D eigenvalue weighted by Gasteiger charge is 2.76. The number of ether oxygens (including phenoxy) is 1. The summed E-state index contributed by atoms with van der Waals surface area (Å²) in [6.07, 6.45) is 0.569. The summed E-state index contributed by atoms with van der Waals surface area (Å²) in [6.45, 7) is 9.86. The lowest BCUT2D eigenvalue weighted by atomic mass is 9.70. The van der Waals surface area contributed by atoms with Crippen LogP contribution in [0.15, 0.2) is 48.5 Å². The highest BCUT2D eigenvalue weighted by Crippen LogP contribution is 2.68. The van der Waals surface area contributed by atoms with E-state index in [0.717, 1.165) is 18.8 Å². The molecule has 42 heavy (non-hydrogen) atoms. The summed E-state index contributed by atoms with van der Waals surface area (Å²) in [5.74, 6) is -1.41. The largest absolute Gasteiger partial charge is 0.494 e. The van der Waals surface area contributed by atoms with Gasteiger partial charge in [0, 0.05) is 40.2 Å². The zero-order chi connectivity index (χ0) is 30.2. The van der Waals surface area contributed by atoms with Gasteiger partial charge in [-0.1, -0.05) is 15.9 Å². The summed E-state index contributed by atoms with van der Waals surface area (Å²) in [6, 6.07) is 13.4. The van der Waals surface area contributed by atoms with Crippen LogP contribution in [0, 0.1) is 11.8 Å². The van der Waals surface area contributed by atoms with Crippen LogP contribution in [-0.2, 0) is 14.4 Å². The molecule has 0 saturated carbocycles. The summed E-state index contributed by atoms with van der Waals surface area (Å²) in [4.78, 5) is 45.7. The molecule has 3 amide bonds. The van der Waals surface area contributed by atoms with E-state index in [1.54, 1.807) is 43.0 Å². The standard InChI is InChI=1S/C31H39BrN4O5S/c1-5-35(6-2)21-12-8-19(9-13-21)34-29(39)27-31-16-23(32)26(42-31)24(25(31)30(40)36(27)18(4)17-37)28(38)33-20-10-14-22(15-11-20)41-7-3/h8-15,18,23-27,37H,5-7,16-17H2,1-4H3,(H,33,38)(H,34,39)/t18-,23?,24-,25+,26-,27?,31?/m1/s1. The van der Waals surface area contributed by atoms with Gasteiger partial charge in [0.1, 0.15) is 11.8 Å². The second-order valence-corrected chi connectivity index (χ2v) is 13.8. The molecule has 3 heterocycles. The van der Waals surface area contributed by atoms with Gasteiger partial charge in [0.05, 0.1) is 35.8 Å². The Balaban J connectivity index is 1.42. The number of nitrogens with zero attached hydrogens (tertiary/aromatic N) is 2. The van der Waals surface area contributed by atoms with Crippen molar-refractivity contribution in [3.8, 4) is 5.75 Å². The van der Waals surface area contributed by atoms with Crippen molar-refractivity contribution in [2.24, 2.45) is 11.8 Å². The Morgan fingerprint density at radius 3 is 2.24 bits per heavy atom. The number of aliphatic hydroxyl groups excluding tert-OH is 1. The molecule has 3 aliphatic rings. The maximum Gasteiger partial charge on any atom is 0.248 e. The second-order valence-electron chi connectivity index (χ2n) is 11.1. The van der Waals surface area contributed by atoms with Crippen molar-refractivity contribution in [1.29, 1.82) is 0 Å². The molecule has 3 unspecified atom stereocenters. The first-order valence-corrected chi connectivity index (χ1v) is 16.4. The zero-order valence-electron chi connectivity index (χ0n) is 24.4. The average molecular weight is 660 g/mol. The van der Waals surface area contributed by atoms with Gasteiger partial charge in [0.25, 0.3) is 0 Å². The number of likely N-dealkylation sites (tertiary alicyclic amines) is 1. The number of benzene rings is 2. The summed E-state index contributed by atoms with van der Waals surface area (Å²) in [5, 5.41) is 16.0. The van der Waals surface area contributed by atoms with Crippen LogP contribution >= 0.6 is 27.7 Å². The van der Waals surface area contributed by atoms with Gasteiger partial charge >= 0.3 is 0 Å². The van der Waals surface area contributed by atoms with E-state index in [1.165, 1.54) is 4.90 Å². The summed E-state index contributed by atoms with van der Waals surface area (Å²) < 4.78 is 4.71. The van der Waals surface area contributed by atoms with E-state index in [0.29, 0.717) is 30.2 Å². The fraction of sp³-hybridized carbons (Fsp3) is 0.516. The van der Waals surface area contributed by atoms with Gasteiger partial charge in [-0.25, -0.2) is 0 Å². The normalized spacial score (nSPS) is 28.4. The molecule has 0 aromatic heterocycles. The lowest BCUT2D eigenvalue weighted by molar-refractivity contribution is -0.140. The van der Waals surface area contributed by atoms with Gasteiger partial charge in [-0.05, 0) is 82.6 Å². The molecule has 2 aromatic rings. The van der Waals surface area contributed by atoms with Gasteiger partial charge in [-0.15, -0.1) is 11.8 Å². The van der Waals surface area contributed by atoms with Crippen molar-refractivity contribution in [3.63, 3.8) is 0 Å². The Labute approximate surface area is 259 Å². The van der Waals surface area contributed by atoms with Gasteiger partial charge in [0.2, 0.25) is 17.7 Å². The minimum absolute atomic E-state index is 0.0457. The number of halogens is 1. The topological polar surface area (TPSA) is 111 Å². The first-order valence-electron chi connectivity index (χ1n) is 14.6. The quantitative estimate of drug-likeness (QED) is 0.308. The first kappa shape index (κ1) is 30.7. The van der Waals surface area contributed by atoms with Gasteiger partial charge < -0.3 is 30.3 Å². The molecule has 1 spiro atoms. The summed E-state index contributed by atoms with van der Waals surface area (Å²) in [5.41, 5.74) is 2.32. The second kappa shape index (κ2) is 12.5. The smallest absolute Gasteiger partial charge is 0.248 e. The van der Waals surface area contributed by atoms with Crippen LogP contribution in [0.4, 0.5) is 17.1 Å². The summed E-state index contributed by atoms with van der Waals surface area (Å²) in [7, 11) is 0. The predicted octanol–water partition coefficient (Wildman–Crippen LogP) is 4.35. The van der Waals surface area contributed by atoms with Crippen molar-refractivity contribution in [2.45, 2.75) is 61.0 Å². The van der Waals surface area contributed by atoms with Crippen LogP contribution in [0.5, 0.6) is 5.75 Å². The van der Waals surface area contributed by atoms with Crippen LogP contribution < -0.4 is 20.3 Å². The molecule has 9 nitrogen and oxygen atoms in total. The third-order valence-electron chi connectivity index (χ3n) is 8.71. The molecule has 7 atom stereocenters. The van der Waals surface area contributed by atoms with Crippen LogP contribution in [0.1, 0.15) is 34.1 Å². The molecular weight excluding hydrogens is 620 g/mol. The molecule has 2 bridgehead atoms. The third kappa shape index (κ3) is 5.28. The molecule has 226 valence electrons. The molecule has 2 aromatic carbocycles. The summed E-state index contributed by atoms with van der Waals surface area (Å²) >= 11 is 5.36. The van der Waals surface area contributed by atoms with Crippen molar-refractivity contribution >= 4 is 62.5 Å². The third-order valence-corrected chi connectivity index (χ3v) is 11.9. The Morgan fingerprint density at radius 2 is 1.67 bits per heavy atom. The average Bonchev–Trinajstić information content (AvgIpc) is 3.58. The minimum atomic E-state index is -0.835. The number of anilines is 3. The number of carbonyl (C=O) groups is 3. The van der Waals surface area contributed by atoms with Crippen molar-refractivity contribution in [2.75, 3.05) is 41.8 Å². The highest BCUT2D eigenvalue weighted by atomic mass is 79.9. The lowest BCUT2D eigenvalue weighted by Gasteiger charge is -2.36. The number of hydrogen-bond acceptors (Lipinski definition) is 7. The Bertz CT molecular complexity index is 1310. The van der Waals surface area contributed by atoms with Crippen LogP contribution in [-0.4, -0.2) is 80.9 Å². The zero-order valence-corrected chi connectivity index (χ0v) is 26.8. The number of alkyl halides is 1. The van der Waals surface area contributed by atoms with E-state index in [9.17, 15) is 19.5 Å². The number of aliphatic hydroxyl groups is 1. The number of thioether (sulfide) groups is 1. The van der Waals surface area contributed by atoms with Gasteiger partial charge in [-0.3, -0.25) is 14.4 Å². The van der Waals surface area contributed by atoms with Crippen LogP contribution in [0.3, 0.4) is 0 Å². The lowest BCUT2D eigenvalue weighted by Crippen LogP contribution is -2.54. The number of fused-ring (bicyclic) bond motifs is 1. The van der Waals surface area contributed by atoms with Crippen LogP contribution in [0.2, 0.25) is 0 Å². The van der Waals surface area contributed by atoms with E-state index in [2.05, 4.69) is 45.3 Å². The van der Waals surface area contributed by atoms with Gasteiger partial charge in [-0.2, -0.15) is 0 Å². The van der Waals surface area contributed by atoms with E-state index < -0.39 is 28.7 Å². The molecule has 11 heteroatoms. The Kier molecular flexibility index (Phi) is 9.10. The highest BCUT2D eigenvalue weighted by molar-refractivity contribution is 9.09. The first-order chi connectivity index (χ1) is 20.2. The SMILES string of the molecule is CCOc1ccc(NC(=O)[C@H]2[C@@H]3SC4(CC3Br)C(C(=O)Nc3ccc(N(CC)CC)cc3)N([C@H](C)CO)C(=O)[C@H]24)cc1. The Hall–Kier alpha value is -2.76. The molecule has 0 aliphatic carbocycles. The number of amides is 3. The van der Waals surface area contributed by atoms with E-state index in [1.807, 2.05) is 31.2 Å². The van der Waals surface area contributed by atoms with Crippen LogP contribution in [0.25, 0.3) is 0 Å². The molecular formula is C31H39BrN4O5S. The monoisotopic (exact) mass is 658 g/mol. The van der Waals surface area contributed by atoms with E-state index in [4.69, 9.17) is 4.74 Å². The minimum Gasteiger partial charge on any atom is -0.494 e. The number of nitrogens with one attached hydrogen (secondary N) is 2. The predicted molar refractivity (Wildman–Crippen MR) is 170 cm³/mol. The molecule has 5 rings (SSSR count). The fourth-order valence-corrected chi connectivity index (χ4v) is 10.4. The Morgan fingerprint density at radius 1 is 1.07 bits per heavy atom. The van der Waals surface area contributed by atoms with Gasteiger partial charge in [0.15, 0.2) is 0 Å². The van der Waals surface area contributed by atoms with E-state index >= 15 is 0 Å². The number of rotatable bonds is 11. The molecule has 0 radical (unpaired) electrons. The fourth-order valence-electron chi connectivity index (χ4n) is 6.81. The number of carbonyl (C=O) groups excluding carboxylic acids is 3. The van der Waals surface area contributed by atoms with E-state index in [-0.39, 0.29) is 34.4 Å². The van der Waals surface area contributed by atoms with Crippen molar-refractivity contribution in [3.05, 3.63) is 48.5 Å². The molecule has 3 fully saturated rings. The maximum atomic E-state index is 14.1. The molecule has 3 aliphatic heterocycles. The van der Waals surface area contributed by atoms with Crippen molar-refractivity contribution in [1.82, 2.24) is 4.90 Å².